The maximum atomic E-state index is 2.43. The van der Waals surface area contributed by atoms with Gasteiger partial charge in [-0.1, -0.05) is 0 Å². The zero-order valence-electron chi connectivity index (χ0n) is 21.7. The van der Waals surface area contributed by atoms with Crippen molar-refractivity contribution in [1.29, 1.82) is 0 Å². The Bertz CT molecular complexity index is 291. The molecular weight excluding hydrogens is 367 g/mol. The number of hydrogen-bond acceptors (Lipinski definition) is 0. The Hall–Kier alpha value is 0.430. The predicted molar refractivity (Wildman–Crippen MR) is 143 cm³/mol. The van der Waals surface area contributed by atoms with Crippen LogP contribution in [0, 0.1) is 0 Å². The average molecular weight is 429 g/mol. The molecule has 0 aromatic rings. The number of unbranched alkanes of at least 4 members (excludes halogenated alkanes) is 13. The summed E-state index contributed by atoms with van der Waals surface area (Å²) < 4.78 is 0. The molecule has 0 aliphatic rings. The van der Waals surface area contributed by atoms with Gasteiger partial charge in [0.15, 0.2) is 0 Å². The molecule has 0 spiro atoms. The molecule has 0 saturated heterocycles. The Kier molecular flexibility index (Phi) is 19.4. The SMILES string of the molecule is CCCCCCCCP(CCCC)(CCCC)(CCCC)CCCCCCCC. The Morgan fingerprint density at radius 3 is 0.828 bits per heavy atom. The average Bonchev–Trinajstić information content (AvgIpc) is 2.75. The Morgan fingerprint density at radius 1 is 0.276 bits per heavy atom. The van der Waals surface area contributed by atoms with Crippen molar-refractivity contribution in [2.24, 2.45) is 0 Å². The standard InChI is InChI=1S/C28H61P/c1-6-11-16-18-20-22-27-29(24-13-8-3,25-14-9-4,26-15-10-5)28-23-21-19-17-12-7-2/h6-28H2,1-5H3. The first-order valence-corrected chi connectivity index (χ1v) is 17.3. The molecule has 0 heterocycles. The van der Waals surface area contributed by atoms with Crippen molar-refractivity contribution in [1.82, 2.24) is 0 Å². The minimum absolute atomic E-state index is 1.38. The van der Waals surface area contributed by atoms with Gasteiger partial charge < -0.3 is 0 Å². The molecule has 0 aromatic carbocycles. The van der Waals surface area contributed by atoms with Crippen molar-refractivity contribution in [2.75, 3.05) is 30.8 Å². The van der Waals surface area contributed by atoms with Crippen molar-refractivity contribution >= 4 is 6.60 Å². The second-order valence-electron chi connectivity index (χ2n) is 10.5. The van der Waals surface area contributed by atoms with Gasteiger partial charge in [-0.05, 0) is 0 Å². The molecule has 178 valence electrons. The van der Waals surface area contributed by atoms with Crippen LogP contribution in [0.2, 0.25) is 0 Å². The van der Waals surface area contributed by atoms with Gasteiger partial charge in [0.1, 0.15) is 0 Å². The van der Waals surface area contributed by atoms with Crippen LogP contribution in [0.3, 0.4) is 0 Å². The second-order valence-corrected chi connectivity index (χ2v) is 17.2. The van der Waals surface area contributed by atoms with E-state index in [2.05, 4.69) is 34.6 Å². The van der Waals surface area contributed by atoms with Crippen LogP contribution in [0.4, 0.5) is 0 Å². The fourth-order valence-electron chi connectivity index (χ4n) is 5.61. The third-order valence-corrected chi connectivity index (χ3v) is 15.6. The quantitative estimate of drug-likeness (QED) is 0.112. The monoisotopic (exact) mass is 428 g/mol. The van der Waals surface area contributed by atoms with Gasteiger partial charge in [0.05, 0.1) is 0 Å². The molecule has 0 aliphatic heterocycles. The zero-order valence-corrected chi connectivity index (χ0v) is 22.6. The summed E-state index contributed by atoms with van der Waals surface area (Å²) in [6.45, 7) is 10.4. The molecule has 0 amide bonds. The van der Waals surface area contributed by atoms with Gasteiger partial charge in [0.25, 0.3) is 0 Å². The van der Waals surface area contributed by atoms with Gasteiger partial charge in [-0.2, -0.15) is 0 Å². The molecule has 0 fully saturated rings. The van der Waals surface area contributed by atoms with Crippen LogP contribution in [-0.2, 0) is 0 Å². The first-order chi connectivity index (χ1) is 14.1. The van der Waals surface area contributed by atoms with E-state index in [0.717, 1.165) is 0 Å². The molecule has 0 saturated carbocycles. The van der Waals surface area contributed by atoms with Crippen LogP contribution in [0.25, 0.3) is 0 Å². The normalized spacial score (nSPS) is 13.5. The summed E-state index contributed by atoms with van der Waals surface area (Å²) in [4.78, 5) is 0. The summed E-state index contributed by atoms with van der Waals surface area (Å²) >= 11 is 0. The van der Waals surface area contributed by atoms with E-state index >= 15 is 0 Å². The molecule has 0 N–H and O–H groups in total. The van der Waals surface area contributed by atoms with Crippen LogP contribution in [-0.4, -0.2) is 30.8 Å². The van der Waals surface area contributed by atoms with Crippen molar-refractivity contribution in [2.45, 2.75) is 150 Å². The number of hydrogen-bond donors (Lipinski definition) is 0. The predicted octanol–water partition coefficient (Wildman–Crippen LogP) is 10.7. The molecule has 0 aromatic heterocycles. The van der Waals surface area contributed by atoms with Crippen LogP contribution < -0.4 is 0 Å². The molecule has 0 aliphatic carbocycles. The Labute approximate surface area is 187 Å². The first kappa shape index (κ1) is 29.4. The van der Waals surface area contributed by atoms with Gasteiger partial charge >= 0.3 is 188 Å². The van der Waals surface area contributed by atoms with Gasteiger partial charge in [-0.15, -0.1) is 0 Å². The van der Waals surface area contributed by atoms with Gasteiger partial charge in [0, 0.05) is 0 Å². The van der Waals surface area contributed by atoms with E-state index in [9.17, 15) is 0 Å². The molecule has 0 radical (unpaired) electrons. The molecule has 1 heteroatoms. The third kappa shape index (κ3) is 13.4. The van der Waals surface area contributed by atoms with Crippen LogP contribution in [0.15, 0.2) is 0 Å². The van der Waals surface area contributed by atoms with E-state index in [1.54, 1.807) is 43.7 Å². The molecular formula is C28H61P. The van der Waals surface area contributed by atoms with E-state index in [-0.39, 0.29) is 0 Å². The fraction of sp³-hybridized carbons (Fsp3) is 1.00. The van der Waals surface area contributed by atoms with E-state index in [0.29, 0.717) is 0 Å². The van der Waals surface area contributed by atoms with Crippen molar-refractivity contribution in [3.05, 3.63) is 0 Å². The topological polar surface area (TPSA) is 0 Å². The molecule has 0 nitrogen and oxygen atoms in total. The molecule has 29 heavy (non-hydrogen) atoms. The van der Waals surface area contributed by atoms with Crippen LogP contribution >= 0.6 is 6.60 Å². The zero-order chi connectivity index (χ0) is 21.7. The summed E-state index contributed by atoms with van der Waals surface area (Å²) in [5, 5.41) is 0. The van der Waals surface area contributed by atoms with E-state index in [1.165, 1.54) is 103 Å². The summed E-state index contributed by atoms with van der Waals surface area (Å²) in [5.41, 5.74) is 0. The fourth-order valence-corrected chi connectivity index (χ4v) is 13.7. The van der Waals surface area contributed by atoms with Crippen molar-refractivity contribution in [3.63, 3.8) is 0 Å². The second kappa shape index (κ2) is 19.1. The third-order valence-electron chi connectivity index (χ3n) is 7.72. The van der Waals surface area contributed by atoms with E-state index in [1.807, 2.05) is 0 Å². The molecule has 0 rings (SSSR count). The minimum atomic E-state index is -1.54. The summed E-state index contributed by atoms with van der Waals surface area (Å²) in [6.07, 6.45) is 34.7. The Balaban J connectivity index is 5.18. The summed E-state index contributed by atoms with van der Waals surface area (Å²) in [6, 6.07) is 0. The first-order valence-electron chi connectivity index (χ1n) is 14.1. The van der Waals surface area contributed by atoms with Crippen LogP contribution in [0.1, 0.15) is 150 Å². The molecule has 0 bridgehead atoms. The van der Waals surface area contributed by atoms with Gasteiger partial charge in [-0.25, -0.2) is 0 Å². The summed E-state index contributed by atoms with van der Waals surface area (Å²) in [7, 11) is 0. The Morgan fingerprint density at radius 2 is 0.517 bits per heavy atom. The molecule has 0 atom stereocenters. The van der Waals surface area contributed by atoms with Crippen LogP contribution in [0.5, 0.6) is 0 Å². The van der Waals surface area contributed by atoms with E-state index < -0.39 is 6.60 Å². The molecule has 0 unspecified atom stereocenters. The number of rotatable bonds is 23. The van der Waals surface area contributed by atoms with Crippen molar-refractivity contribution < 1.29 is 0 Å². The summed E-state index contributed by atoms with van der Waals surface area (Å²) in [5.74, 6) is 0. The van der Waals surface area contributed by atoms with E-state index in [4.69, 9.17) is 0 Å². The van der Waals surface area contributed by atoms with Crippen molar-refractivity contribution in [3.8, 4) is 0 Å². The van der Waals surface area contributed by atoms with Gasteiger partial charge in [0.2, 0.25) is 0 Å². The maximum absolute atomic E-state index is 2.43. The van der Waals surface area contributed by atoms with Gasteiger partial charge in [-0.3, -0.25) is 0 Å².